The van der Waals surface area contributed by atoms with Crippen LogP contribution < -0.4 is 0 Å². The predicted molar refractivity (Wildman–Crippen MR) is 89.9 cm³/mol. The van der Waals surface area contributed by atoms with Gasteiger partial charge < -0.3 is 0 Å². The van der Waals surface area contributed by atoms with Crippen molar-refractivity contribution in [3.05, 3.63) is 77.1 Å². The Morgan fingerprint density at radius 1 is 1.14 bits per heavy atom. The van der Waals surface area contributed by atoms with Gasteiger partial charge in [0, 0.05) is 18.0 Å². The normalized spacial score (nSPS) is 11.0. The molecule has 0 unspecified atom stereocenters. The zero-order valence-electron chi connectivity index (χ0n) is 12.1. The van der Waals surface area contributed by atoms with Gasteiger partial charge in [0.25, 0.3) is 0 Å². The highest BCUT2D eigenvalue weighted by atomic mass is 32.1. The van der Waals surface area contributed by atoms with Gasteiger partial charge in [-0.1, -0.05) is 36.4 Å². The van der Waals surface area contributed by atoms with Crippen LogP contribution in [0.1, 0.15) is 20.9 Å². The number of hydrogen-bond donors (Lipinski definition) is 0. The van der Waals surface area contributed by atoms with E-state index in [9.17, 15) is 4.79 Å². The van der Waals surface area contributed by atoms with Crippen molar-refractivity contribution in [3.63, 3.8) is 0 Å². The maximum absolute atomic E-state index is 12.3. The molecule has 0 radical (unpaired) electrons. The van der Waals surface area contributed by atoms with E-state index in [1.54, 1.807) is 24.5 Å². The Morgan fingerprint density at radius 2 is 1.95 bits per heavy atom. The SMILES string of the molecule is Cc1nc(-c2ccccc2)sc1C(=O)/C=C/c1cccnc1. The van der Waals surface area contributed by atoms with Crippen molar-refractivity contribution < 1.29 is 4.79 Å². The van der Waals surface area contributed by atoms with Crippen LogP contribution in [0, 0.1) is 6.92 Å². The minimum Gasteiger partial charge on any atom is -0.288 e. The number of hydrogen-bond acceptors (Lipinski definition) is 4. The Morgan fingerprint density at radius 3 is 2.68 bits per heavy atom. The number of carbonyl (C=O) groups is 1. The topological polar surface area (TPSA) is 42.9 Å². The van der Waals surface area contributed by atoms with E-state index in [2.05, 4.69) is 9.97 Å². The second kappa shape index (κ2) is 6.45. The first-order valence-electron chi connectivity index (χ1n) is 6.89. The molecule has 0 saturated heterocycles. The number of nitrogens with zero attached hydrogens (tertiary/aromatic N) is 2. The van der Waals surface area contributed by atoms with Gasteiger partial charge in [-0.3, -0.25) is 9.78 Å². The summed E-state index contributed by atoms with van der Waals surface area (Å²) in [6.45, 7) is 1.87. The molecule has 0 atom stereocenters. The van der Waals surface area contributed by atoms with Gasteiger partial charge in [-0.15, -0.1) is 11.3 Å². The summed E-state index contributed by atoms with van der Waals surface area (Å²) < 4.78 is 0. The van der Waals surface area contributed by atoms with Gasteiger partial charge in [0.15, 0.2) is 5.78 Å². The van der Waals surface area contributed by atoms with Gasteiger partial charge in [0.2, 0.25) is 0 Å². The number of allylic oxidation sites excluding steroid dienone is 1. The Bertz CT molecular complexity index is 808. The van der Waals surface area contributed by atoms with Crippen molar-refractivity contribution in [3.8, 4) is 10.6 Å². The molecule has 0 aliphatic rings. The molecule has 108 valence electrons. The van der Waals surface area contributed by atoms with Crippen molar-refractivity contribution in [2.45, 2.75) is 6.92 Å². The Hall–Kier alpha value is -2.59. The molecular weight excluding hydrogens is 292 g/mol. The lowest BCUT2D eigenvalue weighted by atomic mass is 10.2. The van der Waals surface area contributed by atoms with Gasteiger partial charge in [-0.05, 0) is 30.7 Å². The van der Waals surface area contributed by atoms with E-state index >= 15 is 0 Å². The zero-order chi connectivity index (χ0) is 15.4. The van der Waals surface area contributed by atoms with Crippen molar-refractivity contribution in [1.82, 2.24) is 9.97 Å². The van der Waals surface area contributed by atoms with Crippen molar-refractivity contribution in [2.75, 3.05) is 0 Å². The fourth-order valence-corrected chi connectivity index (χ4v) is 3.04. The first kappa shape index (κ1) is 14.4. The molecular formula is C18H14N2OS. The Balaban J connectivity index is 1.85. The van der Waals surface area contributed by atoms with Gasteiger partial charge in [0.05, 0.1) is 10.6 Å². The van der Waals surface area contributed by atoms with E-state index in [4.69, 9.17) is 0 Å². The quantitative estimate of drug-likeness (QED) is 0.529. The number of carbonyl (C=O) groups excluding carboxylic acids is 1. The van der Waals surface area contributed by atoms with Gasteiger partial charge in [-0.2, -0.15) is 0 Å². The monoisotopic (exact) mass is 306 g/mol. The lowest BCUT2D eigenvalue weighted by Crippen LogP contribution is -1.93. The molecule has 2 aromatic heterocycles. The van der Waals surface area contributed by atoms with Crippen LogP contribution in [0.15, 0.2) is 60.9 Å². The van der Waals surface area contributed by atoms with E-state index in [0.29, 0.717) is 4.88 Å². The van der Waals surface area contributed by atoms with Crippen LogP contribution in [0.4, 0.5) is 0 Å². The number of aromatic nitrogens is 2. The molecule has 0 aliphatic heterocycles. The van der Waals surface area contributed by atoms with Crippen molar-refractivity contribution in [1.29, 1.82) is 0 Å². The van der Waals surface area contributed by atoms with Crippen LogP contribution in [0.5, 0.6) is 0 Å². The average Bonchev–Trinajstić information content (AvgIpc) is 2.96. The predicted octanol–water partition coefficient (Wildman–Crippen LogP) is 4.41. The highest BCUT2D eigenvalue weighted by molar-refractivity contribution is 7.17. The lowest BCUT2D eigenvalue weighted by molar-refractivity contribution is 0.105. The van der Waals surface area contributed by atoms with E-state index in [1.807, 2.05) is 49.4 Å². The Labute approximate surface area is 133 Å². The zero-order valence-corrected chi connectivity index (χ0v) is 12.9. The summed E-state index contributed by atoms with van der Waals surface area (Å²) in [5.41, 5.74) is 2.71. The third-order valence-corrected chi connectivity index (χ3v) is 4.37. The fourth-order valence-electron chi connectivity index (χ4n) is 2.05. The lowest BCUT2D eigenvalue weighted by Gasteiger charge is -1.93. The third kappa shape index (κ3) is 3.18. The van der Waals surface area contributed by atoms with Crippen molar-refractivity contribution >= 4 is 23.2 Å². The maximum atomic E-state index is 12.3. The molecule has 3 rings (SSSR count). The minimum atomic E-state index is -0.0268. The number of ketones is 1. The largest absolute Gasteiger partial charge is 0.288 e. The molecule has 0 amide bonds. The van der Waals surface area contributed by atoms with Crippen LogP contribution in [0.25, 0.3) is 16.6 Å². The molecule has 0 bridgehead atoms. The van der Waals surface area contributed by atoms with Gasteiger partial charge >= 0.3 is 0 Å². The standard InChI is InChI=1S/C18H14N2OS/c1-13-17(16(21)10-9-14-6-5-11-19-12-14)22-18(20-13)15-7-3-2-4-8-15/h2-12H,1H3/b10-9+. The molecule has 2 heterocycles. The van der Waals surface area contributed by atoms with Gasteiger partial charge in [0.1, 0.15) is 5.01 Å². The molecule has 0 fully saturated rings. The third-order valence-electron chi connectivity index (χ3n) is 3.15. The number of rotatable bonds is 4. The molecule has 0 aliphatic carbocycles. The molecule has 3 nitrogen and oxygen atoms in total. The van der Waals surface area contributed by atoms with Crippen LogP contribution >= 0.6 is 11.3 Å². The molecule has 22 heavy (non-hydrogen) atoms. The van der Waals surface area contributed by atoms with Gasteiger partial charge in [-0.25, -0.2) is 4.98 Å². The molecule has 1 aromatic carbocycles. The first-order chi connectivity index (χ1) is 10.7. The van der Waals surface area contributed by atoms with Crippen LogP contribution in [-0.2, 0) is 0 Å². The summed E-state index contributed by atoms with van der Waals surface area (Å²) in [6, 6.07) is 13.6. The summed E-state index contributed by atoms with van der Waals surface area (Å²) >= 11 is 1.43. The first-order valence-corrected chi connectivity index (χ1v) is 7.71. The molecule has 0 spiro atoms. The Kier molecular flexibility index (Phi) is 4.21. The molecule has 0 saturated carbocycles. The highest BCUT2D eigenvalue weighted by Crippen LogP contribution is 2.28. The summed E-state index contributed by atoms with van der Waals surface area (Å²) in [7, 11) is 0. The van der Waals surface area contributed by atoms with E-state index < -0.39 is 0 Å². The maximum Gasteiger partial charge on any atom is 0.197 e. The average molecular weight is 306 g/mol. The number of pyridine rings is 1. The van der Waals surface area contributed by atoms with Crippen LogP contribution in [-0.4, -0.2) is 15.8 Å². The van der Waals surface area contributed by atoms with E-state index in [0.717, 1.165) is 21.8 Å². The van der Waals surface area contributed by atoms with Crippen LogP contribution in [0.3, 0.4) is 0 Å². The summed E-state index contributed by atoms with van der Waals surface area (Å²) in [5.74, 6) is -0.0268. The molecule has 0 N–H and O–H groups in total. The second-order valence-electron chi connectivity index (χ2n) is 4.78. The molecule has 4 heteroatoms. The summed E-state index contributed by atoms with van der Waals surface area (Å²) in [6.07, 6.45) is 6.78. The van der Waals surface area contributed by atoms with Crippen molar-refractivity contribution in [2.24, 2.45) is 0 Å². The smallest absolute Gasteiger partial charge is 0.197 e. The van der Waals surface area contributed by atoms with E-state index in [-0.39, 0.29) is 5.78 Å². The minimum absolute atomic E-state index is 0.0268. The van der Waals surface area contributed by atoms with Crippen LogP contribution in [0.2, 0.25) is 0 Å². The fraction of sp³-hybridized carbons (Fsp3) is 0.0556. The highest BCUT2D eigenvalue weighted by Gasteiger charge is 2.13. The summed E-state index contributed by atoms with van der Waals surface area (Å²) in [5, 5.41) is 0.872. The van der Waals surface area contributed by atoms with E-state index in [1.165, 1.54) is 11.3 Å². The summed E-state index contributed by atoms with van der Waals surface area (Å²) in [4.78, 5) is 21.6. The molecule has 3 aromatic rings. The number of benzene rings is 1. The second-order valence-corrected chi connectivity index (χ2v) is 5.78. The number of thiazole rings is 1. The number of aryl methyl sites for hydroxylation is 1.